The molecule has 0 aromatic heterocycles. The quantitative estimate of drug-likeness (QED) is 0.0261. The van der Waals surface area contributed by atoms with E-state index in [1.165, 1.54) is 70.6 Å². The Balaban J connectivity index is 4.55. The van der Waals surface area contributed by atoms with E-state index in [1.807, 2.05) is 0 Å². The van der Waals surface area contributed by atoms with E-state index in [2.05, 4.69) is 179 Å². The van der Waals surface area contributed by atoms with Gasteiger partial charge in [0.15, 0.2) is 6.10 Å². The van der Waals surface area contributed by atoms with Gasteiger partial charge in [-0.2, -0.15) is 0 Å². The van der Waals surface area contributed by atoms with Crippen molar-refractivity contribution in [2.45, 2.75) is 264 Å². The number of hydrogen-bond acceptors (Lipinski definition) is 6. The molecule has 0 aliphatic heterocycles. The van der Waals surface area contributed by atoms with Gasteiger partial charge in [-0.25, -0.2) is 0 Å². The van der Waals surface area contributed by atoms with Gasteiger partial charge in [0.2, 0.25) is 0 Å². The molecule has 0 heterocycles. The molecule has 0 aromatic rings. The zero-order chi connectivity index (χ0) is 56.4. The second-order valence-electron chi connectivity index (χ2n) is 20.2. The number of allylic oxidation sites excluding steroid dienone is 26. The van der Waals surface area contributed by atoms with Gasteiger partial charge in [-0.3, -0.25) is 14.4 Å². The topological polar surface area (TPSA) is 78.9 Å². The molecular formula is C72H114O6. The molecule has 0 saturated carbocycles. The summed E-state index contributed by atoms with van der Waals surface area (Å²) in [7, 11) is 0. The summed E-state index contributed by atoms with van der Waals surface area (Å²) in [4.78, 5) is 38.3. The van der Waals surface area contributed by atoms with Crippen LogP contribution in [0, 0.1) is 0 Å². The number of carbonyl (C=O) groups excluding carboxylic acids is 3. The van der Waals surface area contributed by atoms with Gasteiger partial charge in [-0.05, 0) is 122 Å². The summed E-state index contributed by atoms with van der Waals surface area (Å²) >= 11 is 0. The van der Waals surface area contributed by atoms with E-state index in [0.29, 0.717) is 12.8 Å². The molecule has 1 atom stereocenters. The van der Waals surface area contributed by atoms with Crippen molar-refractivity contribution in [2.75, 3.05) is 13.2 Å². The molecule has 0 fully saturated rings. The van der Waals surface area contributed by atoms with Crippen LogP contribution in [0.5, 0.6) is 0 Å². The van der Waals surface area contributed by atoms with E-state index in [-0.39, 0.29) is 44.0 Å². The van der Waals surface area contributed by atoms with Crippen molar-refractivity contribution in [3.63, 3.8) is 0 Å². The minimum absolute atomic E-state index is 0.111. The second-order valence-corrected chi connectivity index (χ2v) is 20.2. The van der Waals surface area contributed by atoms with Crippen molar-refractivity contribution < 1.29 is 28.6 Å². The Morgan fingerprint density at radius 1 is 0.269 bits per heavy atom. The van der Waals surface area contributed by atoms with Crippen molar-refractivity contribution in [1.82, 2.24) is 0 Å². The molecule has 0 radical (unpaired) electrons. The molecule has 0 N–H and O–H groups in total. The minimum Gasteiger partial charge on any atom is -0.462 e. The van der Waals surface area contributed by atoms with Crippen molar-refractivity contribution in [3.8, 4) is 0 Å². The Morgan fingerprint density at radius 3 is 0.833 bits per heavy atom. The largest absolute Gasteiger partial charge is 0.462 e. The van der Waals surface area contributed by atoms with Crippen LogP contribution in [0.4, 0.5) is 0 Å². The van der Waals surface area contributed by atoms with Gasteiger partial charge in [0.1, 0.15) is 13.2 Å². The molecule has 0 aliphatic rings. The van der Waals surface area contributed by atoms with Gasteiger partial charge >= 0.3 is 17.9 Å². The molecule has 0 saturated heterocycles. The normalized spacial score (nSPS) is 13.2. The molecule has 438 valence electrons. The summed E-state index contributed by atoms with van der Waals surface area (Å²) in [5.41, 5.74) is 0. The molecule has 78 heavy (non-hydrogen) atoms. The molecular weight excluding hydrogens is 961 g/mol. The van der Waals surface area contributed by atoms with E-state index in [1.54, 1.807) is 0 Å². The van der Waals surface area contributed by atoms with Gasteiger partial charge in [-0.15, -0.1) is 0 Å². The summed E-state index contributed by atoms with van der Waals surface area (Å²) in [5.74, 6) is -1.00. The Kier molecular flexibility index (Phi) is 60.4. The third-order valence-electron chi connectivity index (χ3n) is 12.8. The van der Waals surface area contributed by atoms with Crippen molar-refractivity contribution in [1.29, 1.82) is 0 Å². The summed E-state index contributed by atoms with van der Waals surface area (Å²) in [6, 6.07) is 0. The minimum atomic E-state index is -0.823. The predicted octanol–water partition coefficient (Wildman–Crippen LogP) is 21.7. The fourth-order valence-corrected chi connectivity index (χ4v) is 8.14. The monoisotopic (exact) mass is 1070 g/mol. The maximum absolute atomic E-state index is 12.9. The molecule has 0 bridgehead atoms. The summed E-state index contributed by atoms with van der Waals surface area (Å²) in [5, 5.41) is 0. The molecule has 6 nitrogen and oxygen atoms in total. The first-order valence-electron chi connectivity index (χ1n) is 31.5. The van der Waals surface area contributed by atoms with Crippen LogP contribution in [-0.4, -0.2) is 37.2 Å². The molecule has 1 unspecified atom stereocenters. The standard InChI is InChI=1S/C72H114O6/c1-4-7-10-13-16-19-22-25-28-30-32-34-36-38-40-42-44-47-50-53-56-59-62-65-71(74)77-68-69(67-76-70(73)64-61-58-55-52-49-46-27-24-21-18-15-12-9-6-3)78-72(75)66-63-60-57-54-51-48-45-43-41-39-37-35-33-31-29-26-23-20-17-14-11-8-5-2/h7-8,10-11,16-17,19-20,25-26,28-29,32-35,38-41,44-45,47-48,53,56,69H,4-6,9,12-15,18,21-24,27,30-31,36-37,42-43,46,49-52,54-55,57-68H2,1-3H3/b10-7-,11-8-,19-16-,20-17-,28-25-,29-26-,34-32-,35-33-,40-38-,41-39-,47-44-,48-45-,56-53-. The SMILES string of the molecule is CC/C=C\C/C=C\C/C=C\C/C=C\C/C=C\C/C=C\C/C=C\CCCC(=O)OCC(COC(=O)CCCCCCCCCCCCCCCC)OC(=O)CCCCCC/C=C\C/C=C\C/C=C\C/C=C\C/C=C\C/C=C\CC. The zero-order valence-corrected chi connectivity index (χ0v) is 50.1. The Morgan fingerprint density at radius 2 is 0.513 bits per heavy atom. The lowest BCUT2D eigenvalue weighted by Gasteiger charge is -2.18. The summed E-state index contributed by atoms with van der Waals surface area (Å²) in [6.45, 7) is 6.34. The molecule has 0 rings (SSSR count). The lowest BCUT2D eigenvalue weighted by atomic mass is 10.0. The number of unbranched alkanes of at least 4 members (excludes halogenated alkanes) is 18. The average molecular weight is 1080 g/mol. The molecule has 6 heteroatoms. The Hall–Kier alpha value is -4.97. The lowest BCUT2D eigenvalue weighted by molar-refractivity contribution is -0.167. The highest BCUT2D eigenvalue weighted by Crippen LogP contribution is 2.15. The number of ether oxygens (including phenoxy) is 3. The smallest absolute Gasteiger partial charge is 0.306 e. The van der Waals surface area contributed by atoms with Crippen LogP contribution < -0.4 is 0 Å². The van der Waals surface area contributed by atoms with Crippen molar-refractivity contribution >= 4 is 17.9 Å². The third-order valence-corrected chi connectivity index (χ3v) is 12.8. The van der Waals surface area contributed by atoms with Crippen LogP contribution in [0.1, 0.15) is 258 Å². The first-order chi connectivity index (χ1) is 38.5. The number of rotatable bonds is 55. The fourth-order valence-electron chi connectivity index (χ4n) is 8.14. The first kappa shape index (κ1) is 73.0. The van der Waals surface area contributed by atoms with Crippen LogP contribution in [0.2, 0.25) is 0 Å². The maximum Gasteiger partial charge on any atom is 0.306 e. The van der Waals surface area contributed by atoms with Crippen molar-refractivity contribution in [2.24, 2.45) is 0 Å². The maximum atomic E-state index is 12.9. The van der Waals surface area contributed by atoms with Gasteiger partial charge < -0.3 is 14.2 Å². The highest BCUT2D eigenvalue weighted by molar-refractivity contribution is 5.71. The average Bonchev–Trinajstić information content (AvgIpc) is 3.44. The van der Waals surface area contributed by atoms with E-state index < -0.39 is 6.10 Å². The molecule has 0 aromatic carbocycles. The van der Waals surface area contributed by atoms with E-state index in [0.717, 1.165) is 141 Å². The van der Waals surface area contributed by atoms with Crippen LogP contribution in [-0.2, 0) is 28.6 Å². The highest BCUT2D eigenvalue weighted by Gasteiger charge is 2.19. The van der Waals surface area contributed by atoms with E-state index >= 15 is 0 Å². The predicted molar refractivity (Wildman–Crippen MR) is 338 cm³/mol. The number of hydrogen-bond donors (Lipinski definition) is 0. The fraction of sp³-hybridized carbons (Fsp3) is 0.597. The van der Waals surface area contributed by atoms with Crippen molar-refractivity contribution in [3.05, 3.63) is 158 Å². The number of carbonyl (C=O) groups is 3. The van der Waals surface area contributed by atoms with Crippen LogP contribution in [0.15, 0.2) is 158 Å². The van der Waals surface area contributed by atoms with Crippen LogP contribution in [0.3, 0.4) is 0 Å². The summed E-state index contributed by atoms with van der Waals surface area (Å²) < 4.78 is 16.8. The van der Waals surface area contributed by atoms with Crippen LogP contribution >= 0.6 is 0 Å². The Labute approximate surface area is 480 Å². The van der Waals surface area contributed by atoms with E-state index in [4.69, 9.17) is 14.2 Å². The van der Waals surface area contributed by atoms with Gasteiger partial charge in [-0.1, -0.05) is 275 Å². The lowest BCUT2D eigenvalue weighted by Crippen LogP contribution is -2.30. The molecule has 0 spiro atoms. The van der Waals surface area contributed by atoms with Gasteiger partial charge in [0, 0.05) is 19.3 Å². The number of esters is 3. The first-order valence-corrected chi connectivity index (χ1v) is 31.5. The zero-order valence-electron chi connectivity index (χ0n) is 50.1. The molecule has 0 amide bonds. The Bertz CT molecular complexity index is 1760. The third kappa shape index (κ3) is 61.9. The van der Waals surface area contributed by atoms with Gasteiger partial charge in [0.25, 0.3) is 0 Å². The van der Waals surface area contributed by atoms with E-state index in [9.17, 15) is 14.4 Å². The highest BCUT2D eigenvalue weighted by atomic mass is 16.6. The van der Waals surface area contributed by atoms with Crippen LogP contribution in [0.25, 0.3) is 0 Å². The molecule has 0 aliphatic carbocycles. The second kappa shape index (κ2) is 64.6. The van der Waals surface area contributed by atoms with Gasteiger partial charge in [0.05, 0.1) is 0 Å². The summed E-state index contributed by atoms with van der Waals surface area (Å²) in [6.07, 6.45) is 93.9.